The number of aromatic nitrogens is 2. The average Bonchev–Trinajstić information content (AvgIpc) is 2.91. The van der Waals surface area contributed by atoms with Gasteiger partial charge in [-0.25, -0.2) is 4.79 Å². The molecule has 1 N–H and O–H groups in total. The van der Waals surface area contributed by atoms with Gasteiger partial charge >= 0.3 is 5.69 Å². The summed E-state index contributed by atoms with van der Waals surface area (Å²) in [5.74, 6) is 0. The molecular weight excluding hydrogens is 345 g/mol. The number of imidazole rings is 1. The van der Waals surface area contributed by atoms with Crippen molar-refractivity contribution in [2.45, 2.75) is 45.2 Å². The number of likely N-dealkylation sites (tertiary alicyclic amines) is 1. The van der Waals surface area contributed by atoms with Crippen molar-refractivity contribution in [3.05, 3.63) is 44.9 Å². The van der Waals surface area contributed by atoms with Crippen molar-refractivity contribution < 1.29 is 0 Å². The van der Waals surface area contributed by atoms with Gasteiger partial charge in [0.2, 0.25) is 0 Å². The third-order valence-corrected chi connectivity index (χ3v) is 5.52. The molecule has 1 aliphatic rings. The van der Waals surface area contributed by atoms with E-state index >= 15 is 0 Å². The second-order valence-electron chi connectivity index (χ2n) is 7.40. The summed E-state index contributed by atoms with van der Waals surface area (Å²) in [6, 6.07) is 5.63. The van der Waals surface area contributed by atoms with Crippen LogP contribution in [0.2, 0.25) is 10.0 Å². The molecule has 3 rings (SSSR count). The highest BCUT2D eigenvalue weighted by Gasteiger charge is 2.28. The van der Waals surface area contributed by atoms with Crippen LogP contribution in [0.1, 0.15) is 39.7 Å². The van der Waals surface area contributed by atoms with Crippen molar-refractivity contribution in [3.8, 4) is 11.3 Å². The zero-order chi connectivity index (χ0) is 17.5. The highest BCUT2D eigenvalue weighted by atomic mass is 35.5. The van der Waals surface area contributed by atoms with Crippen molar-refractivity contribution in [1.82, 2.24) is 14.5 Å². The molecule has 1 aliphatic heterocycles. The lowest BCUT2D eigenvalue weighted by Crippen LogP contribution is -2.47. The summed E-state index contributed by atoms with van der Waals surface area (Å²) in [6.45, 7) is 8.72. The molecule has 0 radical (unpaired) electrons. The fourth-order valence-electron chi connectivity index (χ4n) is 3.31. The molecule has 0 saturated carbocycles. The van der Waals surface area contributed by atoms with E-state index in [1.165, 1.54) is 0 Å². The van der Waals surface area contributed by atoms with Crippen molar-refractivity contribution >= 4 is 23.2 Å². The minimum absolute atomic E-state index is 0.0646. The molecule has 1 saturated heterocycles. The molecule has 1 fully saturated rings. The van der Waals surface area contributed by atoms with Gasteiger partial charge in [0.25, 0.3) is 0 Å². The van der Waals surface area contributed by atoms with E-state index in [0.29, 0.717) is 10.0 Å². The summed E-state index contributed by atoms with van der Waals surface area (Å²) in [7, 11) is 0. The minimum Gasteiger partial charge on any atom is -0.306 e. The van der Waals surface area contributed by atoms with E-state index in [4.69, 9.17) is 23.2 Å². The van der Waals surface area contributed by atoms with Gasteiger partial charge in [0, 0.05) is 36.4 Å². The summed E-state index contributed by atoms with van der Waals surface area (Å²) in [4.78, 5) is 17.8. The molecule has 1 aromatic heterocycles. The molecule has 24 heavy (non-hydrogen) atoms. The molecule has 0 bridgehead atoms. The number of aromatic amines is 1. The van der Waals surface area contributed by atoms with Crippen LogP contribution in [0.5, 0.6) is 0 Å². The normalized spacial score (nSPS) is 17.4. The molecule has 2 heterocycles. The summed E-state index contributed by atoms with van der Waals surface area (Å²) in [5, 5.41) is 0.998. The molecular formula is C18H23Cl2N3O. The van der Waals surface area contributed by atoms with Crippen LogP contribution < -0.4 is 5.69 Å². The fourth-order valence-corrected chi connectivity index (χ4v) is 3.60. The summed E-state index contributed by atoms with van der Waals surface area (Å²) < 4.78 is 1.83. The van der Waals surface area contributed by atoms with Gasteiger partial charge in [-0.2, -0.15) is 0 Å². The lowest BCUT2D eigenvalue weighted by molar-refractivity contribution is 0.0891. The van der Waals surface area contributed by atoms with Crippen LogP contribution in [-0.4, -0.2) is 33.1 Å². The molecule has 4 nitrogen and oxygen atoms in total. The number of rotatable bonds is 2. The predicted octanol–water partition coefficient (Wildman–Crippen LogP) is 4.59. The quantitative estimate of drug-likeness (QED) is 0.843. The third-order valence-electron chi connectivity index (χ3n) is 4.78. The first-order valence-corrected chi connectivity index (χ1v) is 9.03. The fraction of sp³-hybridized carbons (Fsp3) is 0.500. The Bertz CT molecular complexity index is 780. The van der Waals surface area contributed by atoms with Gasteiger partial charge in [-0.15, -0.1) is 0 Å². The zero-order valence-electron chi connectivity index (χ0n) is 14.3. The Hall–Kier alpha value is -1.23. The van der Waals surface area contributed by atoms with Crippen LogP contribution >= 0.6 is 23.2 Å². The van der Waals surface area contributed by atoms with Gasteiger partial charge in [0.1, 0.15) is 0 Å². The Labute approximate surface area is 152 Å². The Kier molecular flexibility index (Phi) is 4.82. The number of halogens is 2. The number of nitrogens with zero attached hydrogens (tertiary/aromatic N) is 2. The molecule has 130 valence electrons. The van der Waals surface area contributed by atoms with Crippen molar-refractivity contribution in [2.75, 3.05) is 13.1 Å². The molecule has 0 atom stereocenters. The summed E-state index contributed by atoms with van der Waals surface area (Å²) in [5.41, 5.74) is 1.76. The summed E-state index contributed by atoms with van der Waals surface area (Å²) in [6.07, 6.45) is 3.87. The van der Waals surface area contributed by atoms with E-state index in [9.17, 15) is 4.79 Å². The largest absolute Gasteiger partial charge is 0.326 e. The lowest BCUT2D eigenvalue weighted by atomic mass is 9.98. The summed E-state index contributed by atoms with van der Waals surface area (Å²) >= 11 is 12.0. The highest BCUT2D eigenvalue weighted by molar-refractivity contribution is 6.42. The monoisotopic (exact) mass is 367 g/mol. The van der Waals surface area contributed by atoms with E-state index < -0.39 is 0 Å². The second kappa shape index (κ2) is 6.58. The third kappa shape index (κ3) is 3.56. The second-order valence-corrected chi connectivity index (χ2v) is 8.21. The highest BCUT2D eigenvalue weighted by Crippen LogP contribution is 2.29. The molecule has 0 spiro atoms. The van der Waals surface area contributed by atoms with Gasteiger partial charge in [-0.3, -0.25) is 9.47 Å². The van der Waals surface area contributed by atoms with E-state index in [1.807, 2.05) is 16.8 Å². The Morgan fingerprint density at radius 3 is 2.38 bits per heavy atom. The molecule has 0 unspecified atom stereocenters. The number of hydrogen-bond donors (Lipinski definition) is 1. The zero-order valence-corrected chi connectivity index (χ0v) is 15.8. The van der Waals surface area contributed by atoms with Crippen molar-refractivity contribution in [3.63, 3.8) is 0 Å². The lowest BCUT2D eigenvalue weighted by Gasteiger charge is -2.40. The van der Waals surface area contributed by atoms with Crippen LogP contribution in [0.4, 0.5) is 0 Å². The van der Waals surface area contributed by atoms with Gasteiger partial charge < -0.3 is 4.98 Å². The van der Waals surface area contributed by atoms with E-state index in [0.717, 1.165) is 37.2 Å². The van der Waals surface area contributed by atoms with Gasteiger partial charge in [0.15, 0.2) is 0 Å². The first-order valence-electron chi connectivity index (χ1n) is 8.27. The minimum atomic E-state index is -0.0646. The van der Waals surface area contributed by atoms with Crippen molar-refractivity contribution in [2.24, 2.45) is 0 Å². The molecule has 0 amide bonds. The Balaban J connectivity index is 1.80. The maximum atomic E-state index is 12.4. The van der Waals surface area contributed by atoms with Crippen LogP contribution in [-0.2, 0) is 0 Å². The van der Waals surface area contributed by atoms with E-state index in [1.54, 1.807) is 12.1 Å². The number of nitrogens with one attached hydrogen (secondary N) is 1. The van der Waals surface area contributed by atoms with Crippen LogP contribution in [0, 0.1) is 0 Å². The van der Waals surface area contributed by atoms with Crippen LogP contribution in [0.25, 0.3) is 11.3 Å². The number of hydrogen-bond acceptors (Lipinski definition) is 2. The SMILES string of the molecule is CC(C)(C)N1CCC(n2cc(-c3ccc(Cl)c(Cl)c3)[nH]c2=O)CC1. The van der Waals surface area contributed by atoms with Gasteiger partial charge in [-0.05, 0) is 45.7 Å². The van der Waals surface area contributed by atoms with E-state index in [-0.39, 0.29) is 17.3 Å². The molecule has 0 aliphatic carbocycles. The first-order chi connectivity index (χ1) is 11.3. The molecule has 6 heteroatoms. The Morgan fingerprint density at radius 1 is 1.12 bits per heavy atom. The number of piperidine rings is 1. The molecule has 1 aromatic carbocycles. The number of benzene rings is 1. The maximum Gasteiger partial charge on any atom is 0.326 e. The van der Waals surface area contributed by atoms with Crippen molar-refractivity contribution in [1.29, 1.82) is 0 Å². The molecule has 2 aromatic rings. The van der Waals surface area contributed by atoms with Crippen LogP contribution in [0.3, 0.4) is 0 Å². The smallest absolute Gasteiger partial charge is 0.306 e. The topological polar surface area (TPSA) is 41.0 Å². The standard InChI is InChI=1S/C18H23Cl2N3O/c1-18(2,3)22-8-6-13(7-9-22)23-11-16(21-17(23)24)12-4-5-14(19)15(20)10-12/h4-5,10-11,13H,6-9H2,1-3H3,(H,21,24). The van der Waals surface area contributed by atoms with E-state index in [2.05, 4.69) is 30.7 Å². The van der Waals surface area contributed by atoms with Gasteiger partial charge in [-0.1, -0.05) is 29.3 Å². The Morgan fingerprint density at radius 2 is 1.79 bits per heavy atom. The van der Waals surface area contributed by atoms with Gasteiger partial charge in [0.05, 0.1) is 15.7 Å². The number of H-pyrrole nitrogens is 1. The predicted molar refractivity (Wildman–Crippen MR) is 100 cm³/mol. The average molecular weight is 368 g/mol. The first kappa shape index (κ1) is 17.6. The van der Waals surface area contributed by atoms with Crippen LogP contribution in [0.15, 0.2) is 29.2 Å². The maximum absolute atomic E-state index is 12.4.